The van der Waals surface area contributed by atoms with E-state index >= 15 is 0 Å². The molecule has 0 saturated carbocycles. The van der Waals surface area contributed by atoms with Crippen molar-refractivity contribution in [3.8, 4) is 11.5 Å². The number of aryl methyl sites for hydroxylation is 2. The van der Waals surface area contributed by atoms with Gasteiger partial charge in [-0.25, -0.2) is 0 Å². The van der Waals surface area contributed by atoms with Crippen LogP contribution in [0.3, 0.4) is 0 Å². The standard InChI is InChI=1S/C25H28N2O4/c1-17-4-3-5-19(12-17)14-22-24(28)23-18(2)13-21-20(25(23)31-22)15-27(16-30-21)7-6-26-8-10-29-11-9-26/h3-5,12-14H,6-11,15-16H2,1-2H3/b22-14-. The Labute approximate surface area is 183 Å². The van der Waals surface area contributed by atoms with Gasteiger partial charge >= 0.3 is 0 Å². The van der Waals surface area contributed by atoms with Crippen LogP contribution >= 0.6 is 0 Å². The van der Waals surface area contributed by atoms with Crippen LogP contribution in [-0.2, 0) is 11.3 Å². The molecule has 2 aromatic rings. The number of nitrogens with zero attached hydrogens (tertiary/aromatic N) is 2. The van der Waals surface area contributed by atoms with Gasteiger partial charge in [0.05, 0.1) is 24.3 Å². The van der Waals surface area contributed by atoms with Crippen LogP contribution in [0.15, 0.2) is 36.1 Å². The Morgan fingerprint density at radius 2 is 1.87 bits per heavy atom. The number of Topliss-reactive ketones (excluding diaryl/α,β-unsaturated/α-hetero) is 1. The summed E-state index contributed by atoms with van der Waals surface area (Å²) >= 11 is 0. The SMILES string of the molecule is Cc1cccc(/C=C2\Oc3c4c(cc(C)c3C2=O)OCN(CCN2CCOCC2)C4)c1. The van der Waals surface area contributed by atoms with Crippen molar-refractivity contribution in [2.75, 3.05) is 46.1 Å². The topological polar surface area (TPSA) is 51.2 Å². The zero-order valence-electron chi connectivity index (χ0n) is 18.1. The van der Waals surface area contributed by atoms with Crippen LogP contribution in [-0.4, -0.2) is 61.7 Å². The van der Waals surface area contributed by atoms with Crippen molar-refractivity contribution in [1.29, 1.82) is 0 Å². The molecule has 3 aliphatic heterocycles. The fraction of sp³-hybridized carbons (Fsp3) is 0.400. The molecule has 0 spiro atoms. The average Bonchev–Trinajstić information content (AvgIpc) is 3.10. The van der Waals surface area contributed by atoms with Crippen LogP contribution in [0.5, 0.6) is 11.5 Å². The van der Waals surface area contributed by atoms with Gasteiger partial charge in [-0.05, 0) is 37.1 Å². The lowest BCUT2D eigenvalue weighted by Crippen LogP contribution is -2.43. The molecular weight excluding hydrogens is 392 g/mol. The van der Waals surface area contributed by atoms with Gasteiger partial charge in [0, 0.05) is 32.7 Å². The minimum Gasteiger partial charge on any atom is -0.478 e. The first-order valence-corrected chi connectivity index (χ1v) is 10.9. The van der Waals surface area contributed by atoms with Gasteiger partial charge in [0.2, 0.25) is 5.78 Å². The normalized spacial score (nSPS) is 20.3. The summed E-state index contributed by atoms with van der Waals surface area (Å²) in [5.74, 6) is 1.81. The Hall–Kier alpha value is -2.67. The number of hydrogen-bond acceptors (Lipinski definition) is 6. The summed E-state index contributed by atoms with van der Waals surface area (Å²) in [7, 11) is 0. The van der Waals surface area contributed by atoms with Crippen LogP contribution < -0.4 is 9.47 Å². The summed E-state index contributed by atoms with van der Waals surface area (Å²) < 4.78 is 17.7. The van der Waals surface area contributed by atoms with Gasteiger partial charge in [-0.15, -0.1) is 0 Å². The zero-order valence-corrected chi connectivity index (χ0v) is 18.1. The predicted molar refractivity (Wildman–Crippen MR) is 118 cm³/mol. The Bertz CT molecular complexity index is 1040. The van der Waals surface area contributed by atoms with Gasteiger partial charge in [0.25, 0.3) is 0 Å². The number of hydrogen-bond donors (Lipinski definition) is 0. The van der Waals surface area contributed by atoms with E-state index in [9.17, 15) is 4.79 Å². The smallest absolute Gasteiger partial charge is 0.232 e. The number of allylic oxidation sites excluding steroid dienone is 1. The Kier molecular flexibility index (Phi) is 5.52. The molecular formula is C25H28N2O4. The second kappa shape index (κ2) is 8.46. The Balaban J connectivity index is 1.38. The molecule has 0 radical (unpaired) electrons. The fourth-order valence-electron chi connectivity index (χ4n) is 4.44. The van der Waals surface area contributed by atoms with Gasteiger partial charge in [-0.1, -0.05) is 29.8 Å². The van der Waals surface area contributed by atoms with Gasteiger partial charge in [0.15, 0.2) is 5.76 Å². The van der Waals surface area contributed by atoms with E-state index in [0.717, 1.165) is 67.4 Å². The number of ketones is 1. The van der Waals surface area contributed by atoms with Crippen molar-refractivity contribution < 1.29 is 19.0 Å². The van der Waals surface area contributed by atoms with Crippen molar-refractivity contribution in [2.24, 2.45) is 0 Å². The fourth-order valence-corrected chi connectivity index (χ4v) is 4.44. The van der Waals surface area contributed by atoms with Gasteiger partial charge in [0.1, 0.15) is 18.2 Å². The van der Waals surface area contributed by atoms with Crippen molar-refractivity contribution in [3.63, 3.8) is 0 Å². The highest BCUT2D eigenvalue weighted by molar-refractivity contribution is 6.15. The highest BCUT2D eigenvalue weighted by Gasteiger charge is 2.35. The molecule has 0 unspecified atom stereocenters. The number of fused-ring (bicyclic) bond motifs is 3. The molecule has 162 valence electrons. The van der Waals surface area contributed by atoms with Crippen LogP contribution in [0, 0.1) is 13.8 Å². The average molecular weight is 421 g/mol. The summed E-state index contributed by atoms with van der Waals surface area (Å²) in [4.78, 5) is 17.8. The van der Waals surface area contributed by atoms with E-state index in [1.54, 1.807) is 0 Å². The van der Waals surface area contributed by atoms with E-state index in [2.05, 4.69) is 9.80 Å². The van der Waals surface area contributed by atoms with Crippen molar-refractivity contribution in [2.45, 2.75) is 20.4 Å². The Morgan fingerprint density at radius 3 is 2.68 bits per heavy atom. The van der Waals surface area contributed by atoms with Gasteiger partial charge in [-0.2, -0.15) is 0 Å². The van der Waals surface area contributed by atoms with Gasteiger partial charge < -0.3 is 14.2 Å². The number of benzene rings is 2. The lowest BCUT2D eigenvalue weighted by atomic mass is 9.98. The van der Waals surface area contributed by atoms with E-state index in [0.29, 0.717) is 30.3 Å². The number of carbonyl (C=O) groups excluding carboxylic acids is 1. The molecule has 31 heavy (non-hydrogen) atoms. The first kappa shape index (κ1) is 20.2. The molecule has 0 atom stereocenters. The molecule has 2 aromatic carbocycles. The van der Waals surface area contributed by atoms with Crippen LogP contribution in [0.4, 0.5) is 0 Å². The maximum atomic E-state index is 13.1. The maximum Gasteiger partial charge on any atom is 0.232 e. The Morgan fingerprint density at radius 1 is 1.06 bits per heavy atom. The van der Waals surface area contributed by atoms with Crippen molar-refractivity contribution in [3.05, 3.63) is 63.9 Å². The summed E-state index contributed by atoms with van der Waals surface area (Å²) in [6.45, 7) is 10.7. The van der Waals surface area contributed by atoms with E-state index in [4.69, 9.17) is 14.2 Å². The molecule has 0 aliphatic carbocycles. The van der Waals surface area contributed by atoms with E-state index in [-0.39, 0.29) is 5.78 Å². The second-order valence-corrected chi connectivity index (χ2v) is 8.51. The molecule has 1 fully saturated rings. The third kappa shape index (κ3) is 4.11. The zero-order chi connectivity index (χ0) is 21.4. The molecule has 0 amide bonds. The quantitative estimate of drug-likeness (QED) is 0.707. The molecule has 6 heteroatoms. The molecule has 3 aliphatic rings. The number of morpholine rings is 1. The third-order valence-electron chi connectivity index (χ3n) is 6.16. The number of rotatable bonds is 4. The summed E-state index contributed by atoms with van der Waals surface area (Å²) in [6, 6.07) is 10.0. The molecule has 6 nitrogen and oxygen atoms in total. The largest absolute Gasteiger partial charge is 0.478 e. The summed E-state index contributed by atoms with van der Waals surface area (Å²) in [5, 5.41) is 0. The number of carbonyl (C=O) groups is 1. The molecule has 3 heterocycles. The van der Waals surface area contributed by atoms with E-state index < -0.39 is 0 Å². The monoisotopic (exact) mass is 420 g/mol. The lowest BCUT2D eigenvalue weighted by Gasteiger charge is -2.33. The lowest BCUT2D eigenvalue weighted by molar-refractivity contribution is 0.0239. The first-order chi connectivity index (χ1) is 15.1. The summed E-state index contributed by atoms with van der Waals surface area (Å²) in [5.41, 5.74) is 4.64. The molecule has 1 saturated heterocycles. The molecule has 0 bridgehead atoms. The van der Waals surface area contributed by atoms with E-state index in [1.807, 2.05) is 50.3 Å². The number of ether oxygens (including phenoxy) is 3. The second-order valence-electron chi connectivity index (χ2n) is 8.51. The maximum absolute atomic E-state index is 13.1. The van der Waals surface area contributed by atoms with E-state index in [1.165, 1.54) is 0 Å². The molecule has 0 N–H and O–H groups in total. The predicted octanol–water partition coefficient (Wildman–Crippen LogP) is 3.40. The summed E-state index contributed by atoms with van der Waals surface area (Å²) in [6.07, 6.45) is 1.83. The van der Waals surface area contributed by atoms with Gasteiger partial charge in [-0.3, -0.25) is 14.6 Å². The van der Waals surface area contributed by atoms with Crippen molar-refractivity contribution in [1.82, 2.24) is 9.80 Å². The van der Waals surface area contributed by atoms with Crippen LogP contribution in [0.2, 0.25) is 0 Å². The molecule has 0 aromatic heterocycles. The van der Waals surface area contributed by atoms with Crippen molar-refractivity contribution >= 4 is 11.9 Å². The van der Waals surface area contributed by atoms with Crippen LogP contribution in [0.25, 0.3) is 6.08 Å². The third-order valence-corrected chi connectivity index (χ3v) is 6.16. The first-order valence-electron chi connectivity index (χ1n) is 10.9. The van der Waals surface area contributed by atoms with Crippen LogP contribution in [0.1, 0.15) is 32.6 Å². The highest BCUT2D eigenvalue weighted by atomic mass is 16.5. The highest BCUT2D eigenvalue weighted by Crippen LogP contribution is 2.44. The molecule has 5 rings (SSSR count). The minimum atomic E-state index is -0.0535. The minimum absolute atomic E-state index is 0.0535.